The highest BCUT2D eigenvalue weighted by atomic mass is 32.2. The van der Waals surface area contributed by atoms with Crippen LogP contribution in [-0.4, -0.2) is 56.7 Å². The van der Waals surface area contributed by atoms with E-state index in [1.165, 1.54) is 6.07 Å². The number of rotatable bonds is 4. The van der Waals surface area contributed by atoms with Crippen molar-refractivity contribution < 1.29 is 29.6 Å². The van der Waals surface area contributed by atoms with Crippen molar-refractivity contribution in [3.8, 4) is 0 Å². The molecule has 2 aromatic rings. The monoisotopic (exact) mass is 406 g/mol. The first-order valence-corrected chi connectivity index (χ1v) is 10.2. The molecule has 0 spiro atoms. The summed E-state index contributed by atoms with van der Waals surface area (Å²) in [5, 5.41) is 40.0. The van der Waals surface area contributed by atoms with Gasteiger partial charge in [0, 0.05) is 10.1 Å². The second-order valence-corrected chi connectivity index (χ2v) is 8.74. The minimum atomic E-state index is -1.39. The van der Waals surface area contributed by atoms with Crippen LogP contribution in [0, 0.1) is 5.82 Å². The number of hydrogen-bond donors (Lipinski definition) is 4. The third-order valence-electron chi connectivity index (χ3n) is 5.40. The maximum absolute atomic E-state index is 13.4. The minimum Gasteiger partial charge on any atom is -0.394 e. The molecule has 28 heavy (non-hydrogen) atoms. The molecular formula is C21H23FO5S. The van der Waals surface area contributed by atoms with E-state index in [2.05, 4.69) is 0 Å². The highest BCUT2D eigenvalue weighted by Gasteiger charge is 2.43. The summed E-state index contributed by atoms with van der Waals surface area (Å²) in [7, 11) is 0. The number of hydrogen-bond acceptors (Lipinski definition) is 6. The van der Waals surface area contributed by atoms with Gasteiger partial charge in [0.2, 0.25) is 0 Å². The SMILES string of the molecule is OCC1O[C@@H](c2cccc(CC3Cc4cc(F)ccc4S3)c2)[C@H](O)C(O)[C@@H]1O. The van der Waals surface area contributed by atoms with Crippen LogP contribution in [0.25, 0.3) is 0 Å². The largest absolute Gasteiger partial charge is 0.394 e. The molecule has 0 radical (unpaired) electrons. The van der Waals surface area contributed by atoms with Crippen LogP contribution in [0.3, 0.4) is 0 Å². The quantitative estimate of drug-likeness (QED) is 0.617. The molecule has 2 heterocycles. The van der Waals surface area contributed by atoms with E-state index in [1.807, 2.05) is 24.3 Å². The van der Waals surface area contributed by atoms with Crippen molar-refractivity contribution in [1.29, 1.82) is 0 Å². The van der Waals surface area contributed by atoms with Gasteiger partial charge < -0.3 is 25.2 Å². The van der Waals surface area contributed by atoms with Gasteiger partial charge >= 0.3 is 0 Å². The lowest BCUT2D eigenvalue weighted by atomic mass is 9.90. The topological polar surface area (TPSA) is 90.2 Å². The second kappa shape index (κ2) is 8.10. The van der Waals surface area contributed by atoms with E-state index in [0.717, 1.165) is 28.9 Å². The first-order valence-electron chi connectivity index (χ1n) is 9.30. The van der Waals surface area contributed by atoms with E-state index in [1.54, 1.807) is 23.9 Å². The van der Waals surface area contributed by atoms with Crippen molar-refractivity contribution in [1.82, 2.24) is 0 Å². The first kappa shape index (κ1) is 19.8. The van der Waals surface area contributed by atoms with Crippen LogP contribution in [-0.2, 0) is 17.6 Å². The molecule has 0 bridgehead atoms. The van der Waals surface area contributed by atoms with Gasteiger partial charge in [0.1, 0.15) is 36.3 Å². The molecular weight excluding hydrogens is 383 g/mol. The molecule has 0 amide bonds. The lowest BCUT2D eigenvalue weighted by Crippen LogP contribution is -2.55. The van der Waals surface area contributed by atoms with E-state index in [0.29, 0.717) is 10.8 Å². The standard InChI is InChI=1S/C21H23FO5S/c22-14-4-5-17-13(8-14)9-15(28-17)7-11-2-1-3-12(6-11)21-20(26)19(25)18(24)16(10-23)27-21/h1-6,8,15-16,18-21,23-26H,7,9-10H2/t15?,16?,18-,19?,20-,21+/m1/s1. The number of fused-ring (bicyclic) bond motifs is 1. The van der Waals surface area contributed by atoms with Crippen LogP contribution < -0.4 is 0 Å². The Bertz CT molecular complexity index is 845. The zero-order chi connectivity index (χ0) is 19.8. The van der Waals surface area contributed by atoms with Crippen molar-refractivity contribution in [3.63, 3.8) is 0 Å². The molecule has 4 rings (SSSR count). The predicted molar refractivity (Wildman–Crippen MR) is 103 cm³/mol. The summed E-state index contributed by atoms with van der Waals surface area (Å²) in [6, 6.07) is 12.4. The van der Waals surface area contributed by atoms with E-state index < -0.39 is 37.1 Å². The Morgan fingerprint density at radius 1 is 1.04 bits per heavy atom. The van der Waals surface area contributed by atoms with Gasteiger partial charge in [0.15, 0.2) is 0 Å². The molecule has 1 fully saturated rings. The molecule has 3 unspecified atom stereocenters. The van der Waals surface area contributed by atoms with Crippen molar-refractivity contribution in [2.45, 2.75) is 53.5 Å². The molecule has 2 aliphatic heterocycles. The van der Waals surface area contributed by atoms with Gasteiger partial charge in [-0.05, 0) is 47.7 Å². The Balaban J connectivity index is 1.49. The van der Waals surface area contributed by atoms with Crippen molar-refractivity contribution in [3.05, 3.63) is 65.0 Å². The van der Waals surface area contributed by atoms with Crippen molar-refractivity contribution in [2.24, 2.45) is 0 Å². The van der Waals surface area contributed by atoms with E-state index in [-0.39, 0.29) is 5.82 Å². The molecule has 1 saturated heterocycles. The summed E-state index contributed by atoms with van der Waals surface area (Å²) in [5.41, 5.74) is 2.75. The predicted octanol–water partition coefficient (Wildman–Crippen LogP) is 1.60. The van der Waals surface area contributed by atoms with Gasteiger partial charge in [-0.2, -0.15) is 0 Å². The fourth-order valence-electron chi connectivity index (χ4n) is 3.94. The molecule has 0 aliphatic carbocycles. The Hall–Kier alpha value is -1.48. The number of aliphatic hydroxyl groups excluding tert-OH is 4. The normalized spacial score (nSPS) is 32.3. The van der Waals surface area contributed by atoms with E-state index in [9.17, 15) is 24.8 Å². The van der Waals surface area contributed by atoms with Gasteiger partial charge in [-0.25, -0.2) is 4.39 Å². The maximum Gasteiger partial charge on any atom is 0.123 e. The summed E-state index contributed by atoms with van der Waals surface area (Å²) in [4.78, 5) is 1.11. The number of benzene rings is 2. The Morgan fingerprint density at radius 2 is 1.86 bits per heavy atom. The van der Waals surface area contributed by atoms with Gasteiger partial charge in [0.05, 0.1) is 6.61 Å². The van der Waals surface area contributed by atoms with E-state index >= 15 is 0 Å². The van der Waals surface area contributed by atoms with Gasteiger partial charge in [-0.1, -0.05) is 24.3 Å². The summed E-state index contributed by atoms with van der Waals surface area (Å²) in [5.74, 6) is -0.218. The van der Waals surface area contributed by atoms with E-state index in [4.69, 9.17) is 4.74 Å². The van der Waals surface area contributed by atoms with Crippen LogP contribution >= 0.6 is 11.8 Å². The second-order valence-electron chi connectivity index (χ2n) is 7.39. The highest BCUT2D eigenvalue weighted by molar-refractivity contribution is 8.00. The molecule has 0 saturated carbocycles. The molecule has 7 heteroatoms. The smallest absolute Gasteiger partial charge is 0.123 e. The minimum absolute atomic E-state index is 0.218. The average molecular weight is 406 g/mol. The first-order chi connectivity index (χ1) is 13.5. The molecule has 2 aromatic carbocycles. The van der Waals surface area contributed by atoms with Crippen LogP contribution in [0.15, 0.2) is 47.4 Å². The Morgan fingerprint density at radius 3 is 2.64 bits per heavy atom. The zero-order valence-electron chi connectivity index (χ0n) is 15.1. The molecule has 4 N–H and O–H groups in total. The number of aliphatic hydroxyl groups is 4. The molecule has 5 nitrogen and oxygen atoms in total. The third-order valence-corrected chi connectivity index (χ3v) is 6.72. The fourth-order valence-corrected chi connectivity index (χ4v) is 5.28. The fraction of sp³-hybridized carbons (Fsp3) is 0.429. The molecule has 6 atom stereocenters. The van der Waals surface area contributed by atoms with Crippen LogP contribution in [0.1, 0.15) is 22.8 Å². The number of thioether (sulfide) groups is 1. The van der Waals surface area contributed by atoms with Gasteiger partial charge in [0.25, 0.3) is 0 Å². The Labute approximate surface area is 166 Å². The third kappa shape index (κ3) is 3.83. The number of ether oxygens (including phenoxy) is 1. The molecule has 0 aromatic heterocycles. The zero-order valence-corrected chi connectivity index (χ0v) is 15.9. The lowest BCUT2D eigenvalue weighted by Gasteiger charge is -2.40. The molecule has 150 valence electrons. The summed E-state index contributed by atoms with van der Waals surface area (Å²) >= 11 is 1.73. The van der Waals surface area contributed by atoms with Crippen molar-refractivity contribution in [2.75, 3.05) is 6.61 Å². The Kier molecular flexibility index (Phi) is 5.73. The lowest BCUT2D eigenvalue weighted by molar-refractivity contribution is -0.231. The number of halogens is 1. The van der Waals surface area contributed by atoms with Crippen LogP contribution in [0.2, 0.25) is 0 Å². The van der Waals surface area contributed by atoms with Gasteiger partial charge in [-0.3, -0.25) is 0 Å². The summed E-state index contributed by atoms with van der Waals surface area (Å²) < 4.78 is 19.1. The van der Waals surface area contributed by atoms with Crippen molar-refractivity contribution >= 4 is 11.8 Å². The van der Waals surface area contributed by atoms with Crippen LogP contribution in [0.4, 0.5) is 4.39 Å². The van der Waals surface area contributed by atoms with Crippen LogP contribution in [0.5, 0.6) is 0 Å². The van der Waals surface area contributed by atoms with Gasteiger partial charge in [-0.15, -0.1) is 11.8 Å². The summed E-state index contributed by atoms with van der Waals surface area (Å²) in [6.07, 6.45) is -4.25. The summed E-state index contributed by atoms with van der Waals surface area (Å²) in [6.45, 7) is -0.450. The molecule has 2 aliphatic rings. The maximum atomic E-state index is 13.4. The highest BCUT2D eigenvalue weighted by Crippen LogP contribution is 2.39. The average Bonchev–Trinajstić information content (AvgIpc) is 3.08.